The van der Waals surface area contributed by atoms with Crippen LogP contribution in [0.1, 0.15) is 46.0 Å². The first-order valence-electron chi connectivity index (χ1n) is 7.01. The molecule has 0 aliphatic heterocycles. The molecule has 0 bridgehead atoms. The SMILES string of the molecule is CN(C)C(C)(C)COCCCCCNC1CC1. The normalized spacial score (nSPS) is 16.8. The van der Waals surface area contributed by atoms with Crippen LogP contribution in [0.4, 0.5) is 0 Å². The summed E-state index contributed by atoms with van der Waals surface area (Å²) in [5, 5.41) is 3.54. The summed E-state index contributed by atoms with van der Waals surface area (Å²) in [5.41, 5.74) is 0.146. The van der Waals surface area contributed by atoms with Crippen molar-refractivity contribution >= 4 is 0 Å². The van der Waals surface area contributed by atoms with Gasteiger partial charge in [0.2, 0.25) is 0 Å². The molecule has 0 saturated heterocycles. The summed E-state index contributed by atoms with van der Waals surface area (Å²) in [5.74, 6) is 0. The Morgan fingerprint density at radius 3 is 2.47 bits per heavy atom. The van der Waals surface area contributed by atoms with Gasteiger partial charge in [0, 0.05) is 18.2 Å². The van der Waals surface area contributed by atoms with Crippen LogP contribution in [-0.2, 0) is 4.74 Å². The van der Waals surface area contributed by atoms with Gasteiger partial charge in [-0.3, -0.25) is 0 Å². The highest BCUT2D eigenvalue weighted by Crippen LogP contribution is 2.18. The molecule has 0 spiro atoms. The Morgan fingerprint density at radius 2 is 1.88 bits per heavy atom. The van der Waals surface area contributed by atoms with Crippen LogP contribution < -0.4 is 5.32 Å². The molecule has 1 aliphatic rings. The van der Waals surface area contributed by atoms with Gasteiger partial charge in [-0.15, -0.1) is 0 Å². The number of rotatable bonds is 10. The van der Waals surface area contributed by atoms with E-state index >= 15 is 0 Å². The van der Waals surface area contributed by atoms with Gasteiger partial charge in [-0.25, -0.2) is 0 Å². The number of hydrogen-bond donors (Lipinski definition) is 1. The maximum absolute atomic E-state index is 5.74. The zero-order valence-electron chi connectivity index (χ0n) is 12.1. The fraction of sp³-hybridized carbons (Fsp3) is 1.00. The Balaban J connectivity index is 1.83. The van der Waals surface area contributed by atoms with E-state index in [0.717, 1.165) is 19.3 Å². The topological polar surface area (TPSA) is 24.5 Å². The molecule has 0 aromatic heterocycles. The van der Waals surface area contributed by atoms with Crippen LogP contribution in [-0.4, -0.2) is 50.3 Å². The second-order valence-electron chi connectivity index (χ2n) is 6.05. The third-order valence-electron chi connectivity index (χ3n) is 3.64. The van der Waals surface area contributed by atoms with Crippen LogP contribution >= 0.6 is 0 Å². The fourth-order valence-electron chi connectivity index (χ4n) is 1.55. The van der Waals surface area contributed by atoms with Gasteiger partial charge >= 0.3 is 0 Å². The molecule has 1 aliphatic carbocycles. The van der Waals surface area contributed by atoms with Gasteiger partial charge < -0.3 is 15.0 Å². The average Bonchev–Trinajstić information content (AvgIpc) is 3.05. The average molecular weight is 242 g/mol. The van der Waals surface area contributed by atoms with Crippen LogP contribution in [0.25, 0.3) is 0 Å². The van der Waals surface area contributed by atoms with Gasteiger partial charge in [-0.05, 0) is 66.6 Å². The summed E-state index contributed by atoms with van der Waals surface area (Å²) in [7, 11) is 4.21. The van der Waals surface area contributed by atoms with Crippen molar-refractivity contribution in [2.24, 2.45) is 0 Å². The number of unbranched alkanes of at least 4 members (excludes halogenated alkanes) is 2. The van der Waals surface area contributed by atoms with Crippen LogP contribution in [0.2, 0.25) is 0 Å². The Morgan fingerprint density at radius 1 is 1.18 bits per heavy atom. The van der Waals surface area contributed by atoms with Crippen molar-refractivity contribution in [3.8, 4) is 0 Å². The van der Waals surface area contributed by atoms with Crippen molar-refractivity contribution in [3.05, 3.63) is 0 Å². The molecule has 0 heterocycles. The first-order valence-corrected chi connectivity index (χ1v) is 7.01. The zero-order chi connectivity index (χ0) is 12.7. The van der Waals surface area contributed by atoms with Gasteiger partial charge in [0.15, 0.2) is 0 Å². The van der Waals surface area contributed by atoms with E-state index in [9.17, 15) is 0 Å². The second kappa shape index (κ2) is 7.34. The minimum absolute atomic E-state index is 0.146. The molecule has 102 valence electrons. The quantitative estimate of drug-likeness (QED) is 0.595. The number of likely N-dealkylation sites (N-methyl/N-ethyl adjacent to an activating group) is 1. The first kappa shape index (κ1) is 14.9. The number of nitrogens with one attached hydrogen (secondary N) is 1. The highest BCUT2D eigenvalue weighted by Gasteiger charge is 2.20. The predicted octanol–water partition coefficient (Wildman–Crippen LogP) is 2.27. The number of nitrogens with zero attached hydrogens (tertiary/aromatic N) is 1. The maximum atomic E-state index is 5.74. The molecule has 0 amide bonds. The maximum Gasteiger partial charge on any atom is 0.0644 e. The summed E-state index contributed by atoms with van der Waals surface area (Å²) >= 11 is 0. The summed E-state index contributed by atoms with van der Waals surface area (Å²) in [6, 6.07) is 0.854. The van der Waals surface area contributed by atoms with E-state index in [0.29, 0.717) is 0 Å². The molecule has 1 N–H and O–H groups in total. The van der Waals surface area contributed by atoms with E-state index in [2.05, 4.69) is 38.2 Å². The Labute approximate surface area is 107 Å². The molecule has 0 aromatic rings. The molecule has 0 radical (unpaired) electrons. The summed E-state index contributed by atoms with van der Waals surface area (Å²) < 4.78 is 5.74. The third kappa shape index (κ3) is 7.02. The molecule has 0 atom stereocenters. The summed E-state index contributed by atoms with van der Waals surface area (Å²) in [4.78, 5) is 2.21. The van der Waals surface area contributed by atoms with Crippen molar-refractivity contribution < 1.29 is 4.74 Å². The molecular formula is C14H30N2O. The molecule has 1 rings (SSSR count). The van der Waals surface area contributed by atoms with E-state index < -0.39 is 0 Å². The minimum Gasteiger partial charge on any atom is -0.380 e. The van der Waals surface area contributed by atoms with Gasteiger partial charge in [-0.2, -0.15) is 0 Å². The van der Waals surface area contributed by atoms with Gasteiger partial charge in [0.1, 0.15) is 0 Å². The molecule has 1 saturated carbocycles. The Kier molecular flexibility index (Phi) is 6.45. The lowest BCUT2D eigenvalue weighted by molar-refractivity contribution is 0.0345. The Bertz CT molecular complexity index is 200. The minimum atomic E-state index is 0.146. The molecule has 17 heavy (non-hydrogen) atoms. The number of hydrogen-bond acceptors (Lipinski definition) is 3. The van der Waals surface area contributed by atoms with E-state index in [1.165, 1.54) is 38.6 Å². The van der Waals surface area contributed by atoms with E-state index in [1.54, 1.807) is 0 Å². The molecular weight excluding hydrogens is 212 g/mol. The van der Waals surface area contributed by atoms with Crippen LogP contribution in [0.15, 0.2) is 0 Å². The highest BCUT2D eigenvalue weighted by molar-refractivity contribution is 4.80. The van der Waals surface area contributed by atoms with Gasteiger partial charge in [0.25, 0.3) is 0 Å². The second-order valence-corrected chi connectivity index (χ2v) is 6.05. The molecule has 1 fully saturated rings. The largest absolute Gasteiger partial charge is 0.380 e. The fourth-order valence-corrected chi connectivity index (χ4v) is 1.55. The van der Waals surface area contributed by atoms with Crippen molar-refractivity contribution in [3.63, 3.8) is 0 Å². The van der Waals surface area contributed by atoms with Gasteiger partial charge in [0.05, 0.1) is 6.61 Å². The molecule has 0 unspecified atom stereocenters. The number of ether oxygens (including phenoxy) is 1. The third-order valence-corrected chi connectivity index (χ3v) is 3.64. The predicted molar refractivity (Wildman–Crippen MR) is 73.5 cm³/mol. The van der Waals surface area contributed by atoms with Crippen molar-refractivity contribution in [1.82, 2.24) is 10.2 Å². The van der Waals surface area contributed by atoms with Crippen LogP contribution in [0.3, 0.4) is 0 Å². The zero-order valence-corrected chi connectivity index (χ0v) is 12.1. The van der Waals surface area contributed by atoms with Crippen LogP contribution in [0, 0.1) is 0 Å². The molecule has 0 aromatic carbocycles. The Hall–Kier alpha value is -0.120. The lowest BCUT2D eigenvalue weighted by atomic mass is 10.1. The first-order chi connectivity index (χ1) is 8.02. The standard InChI is InChI=1S/C14H30N2O/c1-14(2,16(3)4)12-17-11-7-5-6-10-15-13-8-9-13/h13,15H,5-12H2,1-4H3. The van der Waals surface area contributed by atoms with E-state index in [4.69, 9.17) is 4.74 Å². The van der Waals surface area contributed by atoms with Crippen LogP contribution in [0.5, 0.6) is 0 Å². The smallest absolute Gasteiger partial charge is 0.0644 e. The lowest BCUT2D eigenvalue weighted by Crippen LogP contribution is -2.42. The van der Waals surface area contributed by atoms with Crippen molar-refractivity contribution in [2.75, 3.05) is 33.9 Å². The van der Waals surface area contributed by atoms with Gasteiger partial charge in [-0.1, -0.05) is 0 Å². The monoisotopic (exact) mass is 242 g/mol. The van der Waals surface area contributed by atoms with Crippen molar-refractivity contribution in [2.45, 2.75) is 57.5 Å². The van der Waals surface area contributed by atoms with E-state index in [1.807, 2.05) is 0 Å². The molecule has 3 nitrogen and oxygen atoms in total. The van der Waals surface area contributed by atoms with Crippen molar-refractivity contribution in [1.29, 1.82) is 0 Å². The molecule has 3 heteroatoms. The highest BCUT2D eigenvalue weighted by atomic mass is 16.5. The summed E-state index contributed by atoms with van der Waals surface area (Å²) in [6.45, 7) is 7.34. The van der Waals surface area contributed by atoms with E-state index in [-0.39, 0.29) is 5.54 Å². The summed E-state index contributed by atoms with van der Waals surface area (Å²) in [6.07, 6.45) is 6.54. The lowest BCUT2D eigenvalue weighted by Gasteiger charge is -2.32.